The largest absolute Gasteiger partial charge is 0.450 e. The molecule has 1 saturated heterocycles. The fraction of sp³-hybridized carbons (Fsp3) is 0.714. The van der Waals surface area contributed by atoms with Gasteiger partial charge in [-0.15, -0.1) is 24.0 Å². The lowest BCUT2D eigenvalue weighted by Gasteiger charge is -2.35. The molecule has 0 bridgehead atoms. The minimum Gasteiger partial charge on any atom is -0.450 e. The summed E-state index contributed by atoms with van der Waals surface area (Å²) in [6.07, 6.45) is 1.28. The highest BCUT2D eigenvalue weighted by Crippen LogP contribution is 2.05. The van der Waals surface area contributed by atoms with Crippen LogP contribution in [0.15, 0.2) is 11.3 Å². The van der Waals surface area contributed by atoms with Gasteiger partial charge >= 0.3 is 6.09 Å². The molecule has 1 fully saturated rings. The SMILES string of the molecule is CCNC(=NCc1ncnn1C)N1CCN(C(=O)OCC)CC1.I. The molecule has 0 atom stereocenters. The lowest BCUT2D eigenvalue weighted by atomic mass is 10.3. The van der Waals surface area contributed by atoms with E-state index in [0.29, 0.717) is 26.2 Å². The van der Waals surface area contributed by atoms with Crippen LogP contribution in [0.3, 0.4) is 0 Å². The number of rotatable bonds is 4. The van der Waals surface area contributed by atoms with E-state index >= 15 is 0 Å². The van der Waals surface area contributed by atoms with Crippen molar-refractivity contribution in [3.8, 4) is 0 Å². The molecule has 0 spiro atoms. The van der Waals surface area contributed by atoms with Gasteiger partial charge < -0.3 is 19.9 Å². The van der Waals surface area contributed by atoms with Gasteiger partial charge in [-0.25, -0.2) is 14.8 Å². The smallest absolute Gasteiger partial charge is 0.409 e. The number of nitrogens with zero attached hydrogens (tertiary/aromatic N) is 6. The van der Waals surface area contributed by atoms with E-state index in [0.717, 1.165) is 31.4 Å². The number of hydrogen-bond donors (Lipinski definition) is 1. The summed E-state index contributed by atoms with van der Waals surface area (Å²) in [5.74, 6) is 1.64. The van der Waals surface area contributed by atoms with Gasteiger partial charge in [0.1, 0.15) is 18.7 Å². The van der Waals surface area contributed by atoms with Crippen molar-refractivity contribution in [1.29, 1.82) is 0 Å². The minimum absolute atomic E-state index is 0. The first-order valence-electron chi connectivity index (χ1n) is 7.93. The predicted octanol–water partition coefficient (Wildman–Crippen LogP) is 0.673. The Bertz CT molecular complexity index is 541. The second-order valence-electron chi connectivity index (χ2n) is 5.14. The van der Waals surface area contributed by atoms with Gasteiger partial charge in [0.15, 0.2) is 5.96 Å². The van der Waals surface area contributed by atoms with E-state index in [1.807, 2.05) is 20.9 Å². The van der Waals surface area contributed by atoms with Gasteiger partial charge in [0, 0.05) is 39.8 Å². The Hall–Kier alpha value is -1.59. The van der Waals surface area contributed by atoms with E-state index < -0.39 is 0 Å². The normalized spacial score (nSPS) is 15.0. The average molecular weight is 451 g/mol. The molecule has 0 unspecified atom stereocenters. The standard InChI is InChI=1S/C14H25N7O2.HI/c1-4-15-13(16-10-12-17-11-18-19(12)3)20-6-8-21(9-7-20)14(22)23-5-2;/h11H,4-10H2,1-3H3,(H,15,16);1H. The Labute approximate surface area is 159 Å². The number of nitrogens with one attached hydrogen (secondary N) is 1. The van der Waals surface area contributed by atoms with Crippen molar-refractivity contribution >= 4 is 36.0 Å². The fourth-order valence-electron chi connectivity index (χ4n) is 2.35. The van der Waals surface area contributed by atoms with Gasteiger partial charge in [-0.1, -0.05) is 0 Å². The van der Waals surface area contributed by atoms with Crippen LogP contribution < -0.4 is 5.32 Å². The number of ether oxygens (including phenoxy) is 1. The summed E-state index contributed by atoms with van der Waals surface area (Å²) in [5, 5.41) is 7.33. The summed E-state index contributed by atoms with van der Waals surface area (Å²) < 4.78 is 6.75. The molecule has 2 rings (SSSR count). The van der Waals surface area contributed by atoms with Crippen LogP contribution in [0.1, 0.15) is 19.7 Å². The third kappa shape index (κ3) is 5.49. The maximum Gasteiger partial charge on any atom is 0.409 e. The molecule has 136 valence electrons. The van der Waals surface area contributed by atoms with Crippen LogP contribution in [0.2, 0.25) is 0 Å². The lowest BCUT2D eigenvalue weighted by molar-refractivity contribution is 0.0914. The molecule has 2 heterocycles. The summed E-state index contributed by atoms with van der Waals surface area (Å²) in [5.41, 5.74) is 0. The Morgan fingerprint density at radius 3 is 2.50 bits per heavy atom. The fourth-order valence-corrected chi connectivity index (χ4v) is 2.35. The lowest BCUT2D eigenvalue weighted by Crippen LogP contribution is -2.53. The van der Waals surface area contributed by atoms with Crippen molar-refractivity contribution in [1.82, 2.24) is 29.9 Å². The van der Waals surface area contributed by atoms with Crippen LogP contribution in [0.4, 0.5) is 4.79 Å². The minimum atomic E-state index is -0.242. The molecular weight excluding hydrogens is 425 g/mol. The number of amides is 1. The average Bonchev–Trinajstić information content (AvgIpc) is 2.97. The Morgan fingerprint density at radius 1 is 1.29 bits per heavy atom. The van der Waals surface area contributed by atoms with Crippen molar-refractivity contribution in [2.24, 2.45) is 12.0 Å². The maximum absolute atomic E-state index is 11.7. The number of carbonyl (C=O) groups is 1. The van der Waals surface area contributed by atoms with E-state index in [9.17, 15) is 4.79 Å². The summed E-state index contributed by atoms with van der Waals surface area (Å²) in [4.78, 5) is 24.4. The molecule has 1 aromatic heterocycles. The van der Waals surface area contributed by atoms with Crippen molar-refractivity contribution in [3.63, 3.8) is 0 Å². The molecule has 0 radical (unpaired) electrons. The first-order valence-corrected chi connectivity index (χ1v) is 7.93. The Morgan fingerprint density at radius 2 is 1.96 bits per heavy atom. The molecule has 0 saturated carbocycles. The number of hydrogen-bond acceptors (Lipinski definition) is 5. The molecule has 1 aliphatic heterocycles. The first kappa shape index (κ1) is 20.5. The third-order valence-corrected chi connectivity index (χ3v) is 3.62. The molecule has 24 heavy (non-hydrogen) atoms. The summed E-state index contributed by atoms with van der Waals surface area (Å²) in [6.45, 7) is 8.23. The van der Waals surface area contributed by atoms with E-state index in [1.165, 1.54) is 6.33 Å². The molecule has 1 N–H and O–H groups in total. The molecule has 0 aromatic carbocycles. The number of guanidine groups is 1. The summed E-state index contributed by atoms with van der Waals surface area (Å²) in [6, 6.07) is 0. The second-order valence-corrected chi connectivity index (χ2v) is 5.14. The summed E-state index contributed by atoms with van der Waals surface area (Å²) in [7, 11) is 1.85. The molecular formula is C14H26IN7O2. The highest BCUT2D eigenvalue weighted by Gasteiger charge is 2.23. The number of aliphatic imine (C=N–C) groups is 1. The van der Waals surface area contributed by atoms with Crippen LogP contribution in [-0.2, 0) is 18.3 Å². The first-order chi connectivity index (χ1) is 11.2. The van der Waals surface area contributed by atoms with Gasteiger partial charge in [0.05, 0.1) is 6.61 Å². The number of aryl methyl sites for hydroxylation is 1. The van der Waals surface area contributed by atoms with Gasteiger partial charge in [0.2, 0.25) is 0 Å². The van der Waals surface area contributed by atoms with E-state index in [-0.39, 0.29) is 30.1 Å². The number of halogens is 1. The highest BCUT2D eigenvalue weighted by molar-refractivity contribution is 14.0. The van der Waals surface area contributed by atoms with Crippen molar-refractivity contribution in [2.45, 2.75) is 20.4 Å². The molecule has 1 aliphatic rings. The Balaban J connectivity index is 0.00000288. The van der Waals surface area contributed by atoms with Crippen LogP contribution >= 0.6 is 24.0 Å². The zero-order chi connectivity index (χ0) is 16.7. The van der Waals surface area contributed by atoms with Gasteiger partial charge in [0.25, 0.3) is 0 Å². The second kappa shape index (κ2) is 10.3. The van der Waals surface area contributed by atoms with Gasteiger partial charge in [-0.3, -0.25) is 4.68 Å². The number of aromatic nitrogens is 3. The van der Waals surface area contributed by atoms with Crippen molar-refractivity contribution in [3.05, 3.63) is 12.2 Å². The third-order valence-electron chi connectivity index (χ3n) is 3.62. The topological polar surface area (TPSA) is 87.9 Å². The van der Waals surface area contributed by atoms with Crippen LogP contribution in [0.5, 0.6) is 0 Å². The predicted molar refractivity (Wildman–Crippen MR) is 101 cm³/mol. The highest BCUT2D eigenvalue weighted by atomic mass is 127. The zero-order valence-electron chi connectivity index (χ0n) is 14.4. The molecule has 10 heteroatoms. The van der Waals surface area contributed by atoms with Crippen LogP contribution in [0.25, 0.3) is 0 Å². The van der Waals surface area contributed by atoms with E-state index in [1.54, 1.807) is 9.58 Å². The molecule has 9 nitrogen and oxygen atoms in total. The molecule has 1 aromatic rings. The van der Waals surface area contributed by atoms with Gasteiger partial charge in [-0.2, -0.15) is 5.10 Å². The van der Waals surface area contributed by atoms with Crippen molar-refractivity contribution < 1.29 is 9.53 Å². The van der Waals surface area contributed by atoms with Gasteiger partial charge in [-0.05, 0) is 13.8 Å². The molecule has 0 aliphatic carbocycles. The Kier molecular flexibility index (Phi) is 8.79. The van der Waals surface area contributed by atoms with E-state index in [4.69, 9.17) is 4.74 Å². The van der Waals surface area contributed by atoms with Crippen LogP contribution in [-0.4, -0.2) is 75.9 Å². The number of piperazine rings is 1. The summed E-state index contributed by atoms with van der Waals surface area (Å²) >= 11 is 0. The monoisotopic (exact) mass is 451 g/mol. The zero-order valence-corrected chi connectivity index (χ0v) is 16.8. The van der Waals surface area contributed by atoms with E-state index in [2.05, 4.69) is 25.3 Å². The number of carbonyl (C=O) groups excluding carboxylic acids is 1. The van der Waals surface area contributed by atoms with Crippen LogP contribution in [0, 0.1) is 0 Å². The quantitative estimate of drug-likeness (QED) is 0.412. The van der Waals surface area contributed by atoms with Crippen molar-refractivity contribution in [2.75, 3.05) is 39.3 Å². The molecule has 1 amide bonds. The maximum atomic E-state index is 11.7.